The van der Waals surface area contributed by atoms with Crippen LogP contribution in [-0.4, -0.2) is 55.7 Å². The lowest BCUT2D eigenvalue weighted by Crippen LogP contribution is -2.49. The van der Waals surface area contributed by atoms with Crippen molar-refractivity contribution in [3.8, 4) is 0 Å². The minimum absolute atomic E-state index is 0.0534. The molecule has 0 radical (unpaired) electrons. The molecule has 3 heterocycles. The lowest BCUT2D eigenvalue weighted by atomic mass is 10.0. The Hall–Kier alpha value is -2.13. The molecule has 3 aliphatic heterocycles. The number of carbonyl (C=O) groups excluding carboxylic acids is 2. The number of anilines is 1. The number of carbonyl (C=O) groups is 2. The third kappa shape index (κ3) is 3.16. The molecule has 2 amide bonds. The molecule has 1 aromatic carbocycles. The number of hydrogen-bond acceptors (Lipinski definition) is 4. The van der Waals surface area contributed by atoms with E-state index in [1.165, 1.54) is 12.1 Å². The number of alkyl halides is 3. The number of ether oxygens (including phenoxy) is 2. The average Bonchev–Trinajstić information content (AvgIpc) is 2.90. The highest BCUT2D eigenvalue weighted by atomic mass is 19.4. The molecular weight excluding hydrogens is 377 g/mol. The Morgan fingerprint density at radius 3 is 2.39 bits per heavy atom. The summed E-state index contributed by atoms with van der Waals surface area (Å²) >= 11 is 0. The summed E-state index contributed by atoms with van der Waals surface area (Å²) < 4.78 is 50.9. The zero-order valence-corrected chi connectivity index (χ0v) is 15.3. The Bertz CT molecular complexity index is 784. The largest absolute Gasteiger partial charge is 0.406 e. The fraction of sp³-hybridized carbons (Fsp3) is 0.579. The normalized spacial score (nSPS) is 21.9. The van der Waals surface area contributed by atoms with Crippen LogP contribution in [0.25, 0.3) is 0 Å². The number of benzene rings is 1. The van der Waals surface area contributed by atoms with Crippen LogP contribution in [0.2, 0.25) is 0 Å². The van der Waals surface area contributed by atoms with Gasteiger partial charge in [-0.15, -0.1) is 0 Å². The lowest BCUT2D eigenvalue weighted by molar-refractivity contribution is -0.257. The van der Waals surface area contributed by atoms with Crippen LogP contribution in [0.4, 0.5) is 18.9 Å². The van der Waals surface area contributed by atoms with Crippen molar-refractivity contribution in [2.24, 2.45) is 0 Å². The molecule has 6 nitrogen and oxygen atoms in total. The number of nitrogens with zero attached hydrogens (tertiary/aromatic N) is 2. The summed E-state index contributed by atoms with van der Waals surface area (Å²) in [5, 5.41) is 0. The number of likely N-dealkylation sites (tertiary alicyclic amines) is 1. The standard InChI is InChI=1S/C19H21F3N2O4/c20-18(21,22)12-24-15-13(16(25)23-8-2-1-3-9-23)6-4-7-14(15)19(17(24)26)27-10-5-11-28-19/h4,6-7H,1-3,5,8-12H2. The second-order valence-electron chi connectivity index (χ2n) is 7.23. The number of fused-ring (bicyclic) bond motifs is 2. The fourth-order valence-corrected chi connectivity index (χ4v) is 4.08. The molecule has 0 bridgehead atoms. The van der Waals surface area contributed by atoms with E-state index in [2.05, 4.69) is 0 Å². The van der Waals surface area contributed by atoms with Gasteiger partial charge in [-0.2, -0.15) is 13.2 Å². The number of piperidine rings is 1. The van der Waals surface area contributed by atoms with Crippen LogP contribution in [0.15, 0.2) is 18.2 Å². The Morgan fingerprint density at radius 2 is 1.75 bits per heavy atom. The second-order valence-corrected chi connectivity index (χ2v) is 7.23. The van der Waals surface area contributed by atoms with E-state index < -0.39 is 24.4 Å². The Balaban J connectivity index is 1.81. The molecule has 0 atom stereocenters. The number of rotatable bonds is 2. The van der Waals surface area contributed by atoms with Crippen molar-refractivity contribution in [2.45, 2.75) is 37.6 Å². The molecule has 1 aromatic rings. The van der Waals surface area contributed by atoms with Crippen LogP contribution in [0.5, 0.6) is 0 Å². The van der Waals surface area contributed by atoms with E-state index in [0.717, 1.165) is 19.3 Å². The van der Waals surface area contributed by atoms with Crippen LogP contribution in [-0.2, 0) is 20.1 Å². The Morgan fingerprint density at radius 1 is 1.07 bits per heavy atom. The van der Waals surface area contributed by atoms with Crippen LogP contribution in [0.3, 0.4) is 0 Å². The molecule has 3 aliphatic rings. The van der Waals surface area contributed by atoms with Gasteiger partial charge < -0.3 is 14.4 Å². The molecule has 2 fully saturated rings. The molecule has 2 saturated heterocycles. The van der Waals surface area contributed by atoms with Crippen molar-refractivity contribution < 1.29 is 32.2 Å². The van der Waals surface area contributed by atoms with E-state index in [0.29, 0.717) is 24.4 Å². The summed E-state index contributed by atoms with van der Waals surface area (Å²) in [7, 11) is 0. The Kier molecular flexibility index (Phi) is 4.83. The van der Waals surface area contributed by atoms with Crippen molar-refractivity contribution >= 4 is 17.5 Å². The second kappa shape index (κ2) is 7.04. The highest BCUT2D eigenvalue weighted by Gasteiger charge is 2.57. The highest BCUT2D eigenvalue weighted by molar-refractivity contribution is 6.12. The van der Waals surface area contributed by atoms with Gasteiger partial charge in [0.15, 0.2) is 0 Å². The summed E-state index contributed by atoms with van der Waals surface area (Å²) in [6.45, 7) is -0.0238. The third-order valence-corrected chi connectivity index (χ3v) is 5.30. The molecule has 4 rings (SSSR count). The van der Waals surface area contributed by atoms with Crippen LogP contribution in [0, 0.1) is 0 Å². The van der Waals surface area contributed by atoms with Crippen LogP contribution < -0.4 is 4.90 Å². The van der Waals surface area contributed by atoms with Gasteiger partial charge in [0.05, 0.1) is 24.5 Å². The first-order valence-corrected chi connectivity index (χ1v) is 9.43. The summed E-state index contributed by atoms with van der Waals surface area (Å²) in [6, 6.07) is 4.53. The zero-order chi connectivity index (χ0) is 19.9. The summed E-state index contributed by atoms with van der Waals surface area (Å²) in [6.07, 6.45) is -1.38. The molecule has 0 N–H and O–H groups in total. The predicted octanol–water partition coefficient (Wildman–Crippen LogP) is 2.81. The minimum Gasteiger partial charge on any atom is -0.339 e. The van der Waals surface area contributed by atoms with Crippen LogP contribution in [0.1, 0.15) is 41.6 Å². The quantitative estimate of drug-likeness (QED) is 0.769. The van der Waals surface area contributed by atoms with Crippen molar-refractivity contribution in [1.82, 2.24) is 4.90 Å². The number of amides is 2. The van der Waals surface area contributed by atoms with E-state index in [9.17, 15) is 22.8 Å². The van der Waals surface area contributed by atoms with Crippen LogP contribution >= 0.6 is 0 Å². The van der Waals surface area contributed by atoms with Gasteiger partial charge >= 0.3 is 6.18 Å². The number of para-hydroxylation sites is 1. The van der Waals surface area contributed by atoms with E-state index in [1.807, 2.05) is 0 Å². The molecule has 152 valence electrons. The van der Waals surface area contributed by atoms with Gasteiger partial charge in [0, 0.05) is 18.7 Å². The highest BCUT2D eigenvalue weighted by Crippen LogP contribution is 2.48. The maximum atomic E-state index is 13.2. The van der Waals surface area contributed by atoms with E-state index in [4.69, 9.17) is 9.47 Å². The lowest BCUT2D eigenvalue weighted by Gasteiger charge is -2.32. The summed E-state index contributed by atoms with van der Waals surface area (Å²) in [5.74, 6) is -3.21. The van der Waals surface area contributed by atoms with Crippen molar-refractivity contribution in [2.75, 3.05) is 37.7 Å². The first kappa shape index (κ1) is 19.2. The van der Waals surface area contributed by atoms with Gasteiger partial charge in [-0.05, 0) is 31.7 Å². The molecule has 0 unspecified atom stereocenters. The maximum Gasteiger partial charge on any atom is 0.406 e. The van der Waals surface area contributed by atoms with E-state index >= 15 is 0 Å². The number of halogens is 3. The Labute approximate surface area is 160 Å². The van der Waals surface area contributed by atoms with Gasteiger partial charge in [0.1, 0.15) is 6.54 Å². The van der Waals surface area contributed by atoms with Gasteiger partial charge in [-0.25, -0.2) is 0 Å². The fourth-order valence-electron chi connectivity index (χ4n) is 4.08. The van der Waals surface area contributed by atoms with E-state index in [1.54, 1.807) is 11.0 Å². The molecule has 9 heteroatoms. The summed E-state index contributed by atoms with van der Waals surface area (Å²) in [5.41, 5.74) is 0.193. The number of hydrogen-bond donors (Lipinski definition) is 0. The van der Waals surface area contributed by atoms with Gasteiger partial charge in [-0.3, -0.25) is 14.5 Å². The topological polar surface area (TPSA) is 59.1 Å². The van der Waals surface area contributed by atoms with Gasteiger partial charge in [-0.1, -0.05) is 12.1 Å². The van der Waals surface area contributed by atoms with Gasteiger partial charge in [0.2, 0.25) is 0 Å². The molecule has 28 heavy (non-hydrogen) atoms. The zero-order valence-electron chi connectivity index (χ0n) is 15.3. The first-order chi connectivity index (χ1) is 13.3. The molecule has 0 aliphatic carbocycles. The van der Waals surface area contributed by atoms with Crippen molar-refractivity contribution in [3.63, 3.8) is 0 Å². The first-order valence-electron chi connectivity index (χ1n) is 9.43. The van der Waals surface area contributed by atoms with Crippen molar-refractivity contribution in [1.29, 1.82) is 0 Å². The predicted molar refractivity (Wildman–Crippen MR) is 92.8 cm³/mol. The molecule has 0 saturated carbocycles. The van der Waals surface area contributed by atoms with E-state index in [-0.39, 0.29) is 35.9 Å². The molecular formula is C19H21F3N2O4. The monoisotopic (exact) mass is 398 g/mol. The molecule has 0 aromatic heterocycles. The average molecular weight is 398 g/mol. The van der Waals surface area contributed by atoms with Crippen molar-refractivity contribution in [3.05, 3.63) is 29.3 Å². The minimum atomic E-state index is -4.63. The third-order valence-electron chi connectivity index (χ3n) is 5.30. The SMILES string of the molecule is O=C(c1cccc2c1N(CC(F)(F)F)C(=O)C21OCCCO1)N1CCCCC1. The molecule has 1 spiro atoms. The smallest absolute Gasteiger partial charge is 0.339 e. The maximum absolute atomic E-state index is 13.2. The van der Waals surface area contributed by atoms with Gasteiger partial charge in [0.25, 0.3) is 17.6 Å². The summed E-state index contributed by atoms with van der Waals surface area (Å²) in [4.78, 5) is 28.3.